The van der Waals surface area contributed by atoms with Gasteiger partial charge in [-0.2, -0.15) is 0 Å². The Morgan fingerprint density at radius 3 is 2.78 bits per heavy atom. The number of aliphatic hydroxyl groups excluding tert-OH is 2. The highest BCUT2D eigenvalue weighted by atomic mass is 35.5. The van der Waals surface area contributed by atoms with Gasteiger partial charge >= 0.3 is 0 Å². The van der Waals surface area contributed by atoms with Gasteiger partial charge in [-0.3, -0.25) is 4.79 Å². The van der Waals surface area contributed by atoms with Gasteiger partial charge in [-0.25, -0.2) is 15.0 Å². The predicted octanol–water partition coefficient (Wildman–Crippen LogP) is 1.04. The van der Waals surface area contributed by atoms with Crippen LogP contribution in [0.3, 0.4) is 0 Å². The Morgan fingerprint density at radius 2 is 2.12 bits per heavy atom. The maximum Gasteiger partial charge on any atom is 0.229 e. The first kappa shape index (κ1) is 21.2. The second-order valence-electron chi connectivity index (χ2n) is 8.30. The second kappa shape index (κ2) is 7.42. The van der Waals surface area contributed by atoms with Gasteiger partial charge in [-0.15, -0.1) is 11.3 Å². The number of carbonyl (C=O) groups excluding carboxylic acids is 1. The van der Waals surface area contributed by atoms with Gasteiger partial charge in [0.2, 0.25) is 11.7 Å². The third-order valence-electron chi connectivity index (χ3n) is 6.34. The molecule has 3 N–H and O–H groups in total. The van der Waals surface area contributed by atoms with Gasteiger partial charge in [0.1, 0.15) is 6.10 Å². The molecule has 11 heteroatoms. The van der Waals surface area contributed by atoms with Crippen LogP contribution in [-0.4, -0.2) is 69.0 Å². The Kier molecular flexibility index (Phi) is 4.90. The maximum atomic E-state index is 12.5. The minimum atomic E-state index is -1.16. The molecule has 3 aromatic heterocycles. The number of nitrogens with zero attached hydrogens (tertiary/aromatic N) is 5. The number of anilines is 1. The molecule has 3 aromatic rings. The molecule has 0 saturated heterocycles. The third-order valence-corrected chi connectivity index (χ3v) is 7.49. The molecule has 166 valence electrons. The van der Waals surface area contributed by atoms with E-state index in [1.54, 1.807) is 17.0 Å². The number of carbonyl (C=O) groups is 1. The normalized spacial score (nSPS) is 28.2. The summed E-state index contributed by atoms with van der Waals surface area (Å²) in [4.78, 5) is 28.7. The molecular formula is C21H21ClN6O3S. The molecule has 2 aliphatic carbocycles. The van der Waals surface area contributed by atoms with Crippen molar-refractivity contribution in [2.75, 3.05) is 26.0 Å². The standard InChI is InChI=1S/C21H21ClN6O3S/c1-23-20(31)21-8-11(21)15(16(29)17(21)30)28-9-24-14-18(27(2)3)25-13(26-19(14)28)7-5-10-4-6-12(22)32-10/h4,6,9,11,15-17,29-30H,8H2,1-3H3,(H,23,31)/t11?,15-,16?,17+,21-/m1/s1. The number of imidazole rings is 1. The Balaban J connectivity index is 1.60. The van der Waals surface area contributed by atoms with Crippen LogP contribution in [0.4, 0.5) is 5.82 Å². The Morgan fingerprint density at radius 1 is 1.34 bits per heavy atom. The fourth-order valence-corrected chi connectivity index (χ4v) is 5.67. The topological polar surface area (TPSA) is 116 Å². The largest absolute Gasteiger partial charge is 0.389 e. The molecule has 2 saturated carbocycles. The summed E-state index contributed by atoms with van der Waals surface area (Å²) >= 11 is 7.35. The van der Waals surface area contributed by atoms with Crippen molar-refractivity contribution in [2.45, 2.75) is 24.7 Å². The van der Waals surface area contributed by atoms with Crippen molar-refractivity contribution < 1.29 is 15.0 Å². The number of amides is 1. The fraction of sp³-hybridized carbons (Fsp3) is 0.429. The summed E-state index contributed by atoms with van der Waals surface area (Å²) in [5.41, 5.74) is 0.0704. The summed E-state index contributed by atoms with van der Waals surface area (Å²) in [7, 11) is 5.24. The lowest BCUT2D eigenvalue weighted by atomic mass is 9.98. The summed E-state index contributed by atoms with van der Waals surface area (Å²) in [6.45, 7) is 0. The average Bonchev–Trinajstić information content (AvgIpc) is 3.02. The van der Waals surface area contributed by atoms with Gasteiger partial charge < -0.3 is 25.0 Å². The van der Waals surface area contributed by atoms with Crippen LogP contribution in [0.2, 0.25) is 4.34 Å². The molecular weight excluding hydrogens is 452 g/mol. The van der Waals surface area contributed by atoms with Gasteiger partial charge in [-0.1, -0.05) is 11.6 Å². The van der Waals surface area contributed by atoms with Crippen LogP contribution in [0.5, 0.6) is 0 Å². The van der Waals surface area contributed by atoms with E-state index in [1.165, 1.54) is 18.4 Å². The van der Waals surface area contributed by atoms with Crippen LogP contribution in [0.1, 0.15) is 23.2 Å². The molecule has 0 bridgehead atoms. The third kappa shape index (κ3) is 3.00. The van der Waals surface area contributed by atoms with Gasteiger partial charge in [0.15, 0.2) is 17.0 Å². The first-order valence-electron chi connectivity index (χ1n) is 10.1. The van der Waals surface area contributed by atoms with Crippen LogP contribution in [0, 0.1) is 23.2 Å². The SMILES string of the molecule is CNC(=O)[C@]12CC1[C@@H](n1cnc3c(N(C)C)nc(C#Cc4ccc(Cl)s4)nc31)C(O)[C@@H]2O. The summed E-state index contributed by atoms with van der Waals surface area (Å²) in [6, 6.07) is 3.08. The molecule has 32 heavy (non-hydrogen) atoms. The van der Waals surface area contributed by atoms with Crippen molar-refractivity contribution in [2.24, 2.45) is 11.3 Å². The molecule has 2 aliphatic rings. The van der Waals surface area contributed by atoms with Crippen LogP contribution < -0.4 is 10.2 Å². The van der Waals surface area contributed by atoms with E-state index in [0.29, 0.717) is 33.6 Å². The number of halogens is 1. The predicted molar refractivity (Wildman–Crippen MR) is 121 cm³/mol. The molecule has 2 fully saturated rings. The molecule has 2 unspecified atom stereocenters. The number of thiophene rings is 1. The number of hydrogen-bond acceptors (Lipinski definition) is 8. The van der Waals surface area contributed by atoms with Gasteiger partial charge in [0.05, 0.1) is 33.1 Å². The van der Waals surface area contributed by atoms with E-state index in [-0.39, 0.29) is 11.8 Å². The highest BCUT2D eigenvalue weighted by Crippen LogP contribution is 2.67. The van der Waals surface area contributed by atoms with E-state index < -0.39 is 23.7 Å². The van der Waals surface area contributed by atoms with Gasteiger partial charge in [0.25, 0.3) is 0 Å². The van der Waals surface area contributed by atoms with E-state index in [0.717, 1.165) is 4.88 Å². The lowest BCUT2D eigenvalue weighted by Crippen LogP contribution is -2.41. The number of aliphatic hydroxyl groups is 2. The molecule has 1 amide bonds. The Labute approximate surface area is 193 Å². The quantitative estimate of drug-likeness (QED) is 0.487. The van der Waals surface area contributed by atoms with E-state index in [1.807, 2.05) is 25.1 Å². The summed E-state index contributed by atoms with van der Waals surface area (Å²) in [5.74, 6) is 6.42. The fourth-order valence-electron chi connectivity index (χ4n) is 4.77. The molecule has 0 radical (unpaired) electrons. The number of rotatable bonds is 3. The zero-order valence-corrected chi connectivity index (χ0v) is 19.1. The summed E-state index contributed by atoms with van der Waals surface area (Å²) in [6.07, 6.45) is -0.203. The minimum absolute atomic E-state index is 0.217. The second-order valence-corrected chi connectivity index (χ2v) is 10.0. The van der Waals surface area contributed by atoms with Crippen molar-refractivity contribution in [3.05, 3.63) is 33.5 Å². The molecule has 0 spiro atoms. The molecule has 3 heterocycles. The minimum Gasteiger partial charge on any atom is -0.389 e. The van der Waals surface area contributed by atoms with Crippen LogP contribution in [-0.2, 0) is 4.79 Å². The van der Waals surface area contributed by atoms with Crippen LogP contribution in [0.25, 0.3) is 11.2 Å². The average molecular weight is 473 g/mol. The maximum absolute atomic E-state index is 12.5. The van der Waals surface area contributed by atoms with E-state index in [2.05, 4.69) is 32.1 Å². The highest BCUT2D eigenvalue weighted by Gasteiger charge is 2.75. The molecule has 0 aromatic carbocycles. The van der Waals surface area contributed by atoms with Crippen LogP contribution in [0.15, 0.2) is 18.5 Å². The first-order chi connectivity index (χ1) is 15.3. The monoisotopic (exact) mass is 472 g/mol. The van der Waals surface area contributed by atoms with E-state index in [4.69, 9.17) is 11.6 Å². The van der Waals surface area contributed by atoms with E-state index >= 15 is 0 Å². The lowest BCUT2D eigenvalue weighted by Gasteiger charge is -2.23. The number of hydrogen-bond donors (Lipinski definition) is 3. The molecule has 5 rings (SSSR count). The first-order valence-corrected chi connectivity index (χ1v) is 11.2. The van der Waals surface area contributed by atoms with Crippen molar-refractivity contribution in [1.82, 2.24) is 24.8 Å². The lowest BCUT2D eigenvalue weighted by molar-refractivity contribution is -0.132. The zero-order chi connectivity index (χ0) is 22.8. The summed E-state index contributed by atoms with van der Waals surface area (Å²) in [5, 5.41) is 24.1. The summed E-state index contributed by atoms with van der Waals surface area (Å²) < 4.78 is 2.39. The number of fused-ring (bicyclic) bond motifs is 2. The Hall–Kier alpha value is -2.71. The van der Waals surface area contributed by atoms with Gasteiger partial charge in [-0.05, 0) is 30.4 Å². The van der Waals surface area contributed by atoms with Crippen molar-refractivity contribution in [1.29, 1.82) is 0 Å². The van der Waals surface area contributed by atoms with E-state index in [9.17, 15) is 15.0 Å². The van der Waals surface area contributed by atoms with Crippen molar-refractivity contribution in [3.63, 3.8) is 0 Å². The van der Waals surface area contributed by atoms with Gasteiger partial charge in [0, 0.05) is 27.1 Å². The highest BCUT2D eigenvalue weighted by molar-refractivity contribution is 7.16. The van der Waals surface area contributed by atoms with Crippen molar-refractivity contribution in [3.8, 4) is 11.8 Å². The number of nitrogens with one attached hydrogen (secondary N) is 1. The number of aromatic nitrogens is 4. The molecule has 5 atom stereocenters. The Bertz CT molecular complexity index is 1290. The van der Waals surface area contributed by atoms with Crippen LogP contribution >= 0.6 is 22.9 Å². The molecule has 9 nitrogen and oxygen atoms in total. The molecule has 0 aliphatic heterocycles. The zero-order valence-electron chi connectivity index (χ0n) is 17.6. The smallest absolute Gasteiger partial charge is 0.229 e. The van der Waals surface area contributed by atoms with Crippen molar-refractivity contribution >= 4 is 45.8 Å².